The Morgan fingerprint density at radius 2 is 1.88 bits per heavy atom. The number of hydrogen-bond donors (Lipinski definition) is 1. The standard InChI is InChI=1S/C18H23Cl2N3O3/c1-4-15-18(26-14-9-12(19)8-13(20)10-14)16(5-2)23(22-15)7-6-21-17(24)11-25-3/h8-10H,4-7,11H2,1-3H3,(H,21,24). The van der Waals surface area contributed by atoms with Crippen LogP contribution < -0.4 is 10.1 Å². The van der Waals surface area contributed by atoms with Gasteiger partial charge in [0, 0.05) is 23.7 Å². The molecule has 1 heterocycles. The van der Waals surface area contributed by atoms with E-state index in [2.05, 4.69) is 10.4 Å². The highest BCUT2D eigenvalue weighted by Crippen LogP contribution is 2.33. The van der Waals surface area contributed by atoms with Gasteiger partial charge in [-0.2, -0.15) is 5.10 Å². The summed E-state index contributed by atoms with van der Waals surface area (Å²) in [7, 11) is 1.49. The smallest absolute Gasteiger partial charge is 0.246 e. The van der Waals surface area contributed by atoms with Crippen LogP contribution in [0.3, 0.4) is 0 Å². The van der Waals surface area contributed by atoms with Crippen LogP contribution in [0.4, 0.5) is 0 Å². The van der Waals surface area contributed by atoms with E-state index in [1.807, 2.05) is 18.5 Å². The normalized spacial score (nSPS) is 10.8. The number of carbonyl (C=O) groups excluding carboxylic acids is 1. The topological polar surface area (TPSA) is 65.4 Å². The summed E-state index contributed by atoms with van der Waals surface area (Å²) in [6, 6.07) is 5.09. The Hall–Kier alpha value is -1.76. The molecule has 0 aliphatic heterocycles. The third-order valence-corrected chi connectivity index (χ3v) is 4.16. The Labute approximate surface area is 163 Å². The Balaban J connectivity index is 2.20. The molecule has 6 nitrogen and oxygen atoms in total. The van der Waals surface area contributed by atoms with Crippen molar-refractivity contribution in [1.82, 2.24) is 15.1 Å². The summed E-state index contributed by atoms with van der Waals surface area (Å²) in [6.07, 6.45) is 1.46. The highest BCUT2D eigenvalue weighted by Gasteiger charge is 2.18. The number of aromatic nitrogens is 2. The van der Waals surface area contributed by atoms with Gasteiger partial charge in [-0.05, 0) is 31.0 Å². The minimum atomic E-state index is -0.154. The molecule has 1 amide bonds. The molecule has 0 atom stereocenters. The number of amides is 1. The van der Waals surface area contributed by atoms with Gasteiger partial charge in [0.15, 0.2) is 5.75 Å². The lowest BCUT2D eigenvalue weighted by Crippen LogP contribution is -2.30. The molecular formula is C18H23Cl2N3O3. The van der Waals surface area contributed by atoms with Crippen LogP contribution in [0.2, 0.25) is 10.0 Å². The molecule has 8 heteroatoms. The van der Waals surface area contributed by atoms with Gasteiger partial charge in [0.05, 0.1) is 12.2 Å². The fourth-order valence-corrected chi connectivity index (χ4v) is 3.11. The van der Waals surface area contributed by atoms with E-state index in [9.17, 15) is 4.79 Å². The quantitative estimate of drug-likeness (QED) is 0.694. The van der Waals surface area contributed by atoms with Crippen LogP contribution in [0.1, 0.15) is 25.2 Å². The summed E-state index contributed by atoms with van der Waals surface area (Å²) < 4.78 is 12.7. The van der Waals surface area contributed by atoms with Crippen LogP contribution in [-0.2, 0) is 28.9 Å². The first kappa shape index (κ1) is 20.6. The molecule has 142 valence electrons. The predicted molar refractivity (Wildman–Crippen MR) is 102 cm³/mol. The van der Waals surface area contributed by atoms with Gasteiger partial charge in [-0.3, -0.25) is 9.48 Å². The fourth-order valence-electron chi connectivity index (χ4n) is 2.60. The summed E-state index contributed by atoms with van der Waals surface area (Å²) >= 11 is 12.1. The zero-order chi connectivity index (χ0) is 19.1. The van der Waals surface area contributed by atoms with Gasteiger partial charge in [-0.15, -0.1) is 0 Å². The van der Waals surface area contributed by atoms with Crippen molar-refractivity contribution in [3.8, 4) is 11.5 Å². The molecule has 1 aromatic heterocycles. The average molecular weight is 400 g/mol. The van der Waals surface area contributed by atoms with Crippen molar-refractivity contribution in [2.75, 3.05) is 20.3 Å². The number of ether oxygens (including phenoxy) is 2. The molecule has 26 heavy (non-hydrogen) atoms. The summed E-state index contributed by atoms with van der Waals surface area (Å²) in [5, 5.41) is 8.44. The molecule has 0 aliphatic rings. The molecule has 0 bridgehead atoms. The lowest BCUT2D eigenvalue weighted by molar-refractivity contribution is -0.124. The number of nitrogens with zero attached hydrogens (tertiary/aromatic N) is 2. The zero-order valence-electron chi connectivity index (χ0n) is 15.1. The molecule has 0 unspecified atom stereocenters. The van der Waals surface area contributed by atoms with Crippen molar-refractivity contribution in [1.29, 1.82) is 0 Å². The van der Waals surface area contributed by atoms with E-state index in [0.717, 1.165) is 30.0 Å². The van der Waals surface area contributed by atoms with E-state index in [0.29, 0.717) is 28.9 Å². The number of hydrogen-bond acceptors (Lipinski definition) is 4. The minimum absolute atomic E-state index is 0.0455. The first-order chi connectivity index (χ1) is 12.5. The van der Waals surface area contributed by atoms with Crippen molar-refractivity contribution in [2.45, 2.75) is 33.2 Å². The van der Waals surface area contributed by atoms with E-state index >= 15 is 0 Å². The van der Waals surface area contributed by atoms with Crippen LogP contribution in [0.25, 0.3) is 0 Å². The maximum absolute atomic E-state index is 11.5. The van der Waals surface area contributed by atoms with Crippen LogP contribution in [0.5, 0.6) is 11.5 Å². The summed E-state index contributed by atoms with van der Waals surface area (Å²) in [5.41, 5.74) is 1.81. The maximum atomic E-state index is 11.5. The Morgan fingerprint density at radius 1 is 1.19 bits per heavy atom. The Bertz CT molecular complexity index is 742. The van der Waals surface area contributed by atoms with Gasteiger partial charge in [0.2, 0.25) is 5.91 Å². The molecule has 0 spiro atoms. The van der Waals surface area contributed by atoms with E-state index in [1.165, 1.54) is 7.11 Å². The molecule has 0 fully saturated rings. The van der Waals surface area contributed by atoms with Crippen LogP contribution in [0, 0.1) is 0 Å². The van der Waals surface area contributed by atoms with E-state index < -0.39 is 0 Å². The second kappa shape index (κ2) is 9.80. The Morgan fingerprint density at radius 3 is 2.46 bits per heavy atom. The van der Waals surface area contributed by atoms with Crippen molar-refractivity contribution in [2.24, 2.45) is 0 Å². The molecule has 0 aliphatic carbocycles. The largest absolute Gasteiger partial charge is 0.453 e. The van der Waals surface area contributed by atoms with E-state index in [4.69, 9.17) is 32.7 Å². The number of aryl methyl sites for hydroxylation is 1. The van der Waals surface area contributed by atoms with Gasteiger partial charge in [-0.25, -0.2) is 0 Å². The van der Waals surface area contributed by atoms with E-state index in [1.54, 1.807) is 18.2 Å². The molecular weight excluding hydrogens is 377 g/mol. The highest BCUT2D eigenvalue weighted by molar-refractivity contribution is 6.34. The van der Waals surface area contributed by atoms with Gasteiger partial charge < -0.3 is 14.8 Å². The monoisotopic (exact) mass is 399 g/mol. The lowest BCUT2D eigenvalue weighted by atomic mass is 10.2. The summed E-state index contributed by atoms with van der Waals surface area (Å²) in [6.45, 7) is 5.11. The number of rotatable bonds is 9. The first-order valence-electron chi connectivity index (χ1n) is 8.46. The van der Waals surface area contributed by atoms with Gasteiger partial charge in [-0.1, -0.05) is 37.0 Å². The lowest BCUT2D eigenvalue weighted by Gasteiger charge is -2.10. The van der Waals surface area contributed by atoms with Crippen molar-refractivity contribution in [3.05, 3.63) is 39.6 Å². The number of nitrogens with one attached hydrogen (secondary N) is 1. The zero-order valence-corrected chi connectivity index (χ0v) is 16.7. The van der Waals surface area contributed by atoms with E-state index in [-0.39, 0.29) is 12.5 Å². The molecule has 0 saturated carbocycles. The SMILES string of the molecule is CCc1nn(CCNC(=O)COC)c(CC)c1Oc1cc(Cl)cc(Cl)c1. The molecule has 1 aromatic carbocycles. The average Bonchev–Trinajstić information content (AvgIpc) is 2.90. The number of carbonyl (C=O) groups is 1. The van der Waals surface area contributed by atoms with Crippen LogP contribution in [-0.4, -0.2) is 35.9 Å². The number of methoxy groups -OCH3 is 1. The first-order valence-corrected chi connectivity index (χ1v) is 9.22. The second-order valence-corrected chi connectivity index (χ2v) is 6.52. The van der Waals surface area contributed by atoms with Crippen LogP contribution in [0.15, 0.2) is 18.2 Å². The number of benzene rings is 1. The van der Waals surface area contributed by atoms with Gasteiger partial charge in [0.25, 0.3) is 0 Å². The fraction of sp³-hybridized carbons (Fsp3) is 0.444. The second-order valence-electron chi connectivity index (χ2n) is 5.64. The molecule has 2 aromatic rings. The Kier molecular flexibility index (Phi) is 7.75. The highest BCUT2D eigenvalue weighted by atomic mass is 35.5. The van der Waals surface area contributed by atoms with Gasteiger partial charge in [0.1, 0.15) is 18.1 Å². The molecule has 1 N–H and O–H groups in total. The van der Waals surface area contributed by atoms with Crippen molar-refractivity contribution >= 4 is 29.1 Å². The predicted octanol–water partition coefficient (Wildman–Crippen LogP) is 3.87. The molecule has 2 rings (SSSR count). The maximum Gasteiger partial charge on any atom is 0.246 e. The van der Waals surface area contributed by atoms with Crippen LogP contribution >= 0.6 is 23.2 Å². The summed E-state index contributed by atoms with van der Waals surface area (Å²) in [4.78, 5) is 11.5. The third-order valence-electron chi connectivity index (χ3n) is 3.72. The number of halogens is 2. The van der Waals surface area contributed by atoms with Crippen molar-refractivity contribution in [3.63, 3.8) is 0 Å². The minimum Gasteiger partial charge on any atom is -0.453 e. The molecule has 0 saturated heterocycles. The molecule has 0 radical (unpaired) electrons. The third kappa shape index (κ3) is 5.37. The van der Waals surface area contributed by atoms with Gasteiger partial charge >= 0.3 is 0 Å². The van der Waals surface area contributed by atoms with Crippen molar-refractivity contribution < 1.29 is 14.3 Å². The summed E-state index contributed by atoms with van der Waals surface area (Å²) in [5.74, 6) is 1.13.